The lowest BCUT2D eigenvalue weighted by atomic mass is 9.99. The van der Waals surface area contributed by atoms with Crippen LogP contribution in [-0.2, 0) is 14.2 Å². The summed E-state index contributed by atoms with van der Waals surface area (Å²) < 4.78 is 38.0. The SMILES string of the molecule is COc1cc(O[C@@H]2O[C@H](COC(=O)c3cc(O)c(O)c(O)c3)[C@@H](O)[C@H](O)[C@H]2OC(=O)c2cc(O)c(O)c(O)c2)cc(OC)c1OC. The minimum absolute atomic E-state index is 0.0325. The van der Waals surface area contributed by atoms with Gasteiger partial charge in [0.05, 0.1) is 32.5 Å². The Balaban J connectivity index is 1.63. The Hall–Kier alpha value is -5.52. The third-order valence-electron chi connectivity index (χ3n) is 6.77. The summed E-state index contributed by atoms with van der Waals surface area (Å²) in [5.74, 6) is -7.01. The maximum atomic E-state index is 13.0. The van der Waals surface area contributed by atoms with E-state index in [9.17, 15) is 50.4 Å². The van der Waals surface area contributed by atoms with Gasteiger partial charge in [0.2, 0.25) is 12.0 Å². The number of hydrogen-bond donors (Lipinski definition) is 8. The molecular weight excluding hydrogens is 620 g/mol. The van der Waals surface area contributed by atoms with E-state index in [1.807, 2.05) is 0 Å². The summed E-state index contributed by atoms with van der Waals surface area (Å²) in [6.45, 7) is -0.741. The Labute approximate surface area is 259 Å². The Morgan fingerprint density at radius 3 is 1.63 bits per heavy atom. The van der Waals surface area contributed by atoms with Crippen molar-refractivity contribution in [3.63, 3.8) is 0 Å². The van der Waals surface area contributed by atoms with Crippen molar-refractivity contribution in [1.82, 2.24) is 0 Å². The molecule has 1 heterocycles. The summed E-state index contributed by atoms with van der Waals surface area (Å²) >= 11 is 0. The van der Waals surface area contributed by atoms with Gasteiger partial charge in [0.15, 0.2) is 52.1 Å². The van der Waals surface area contributed by atoms with Gasteiger partial charge in [0.25, 0.3) is 0 Å². The molecule has 1 aliphatic rings. The van der Waals surface area contributed by atoms with E-state index in [0.717, 1.165) is 24.3 Å². The molecule has 0 bridgehead atoms. The molecule has 3 aromatic rings. The molecule has 0 radical (unpaired) electrons. The van der Waals surface area contributed by atoms with Gasteiger partial charge in [-0.3, -0.25) is 0 Å². The second kappa shape index (κ2) is 13.6. The van der Waals surface area contributed by atoms with Crippen LogP contribution in [0.5, 0.6) is 57.5 Å². The van der Waals surface area contributed by atoms with Crippen molar-refractivity contribution in [3.05, 3.63) is 47.5 Å². The number of phenolic OH excluding ortho intramolecular Hbond substituents is 6. The third kappa shape index (κ3) is 6.75. The van der Waals surface area contributed by atoms with E-state index in [-0.39, 0.29) is 28.6 Å². The second-order valence-corrected chi connectivity index (χ2v) is 9.70. The molecule has 8 N–H and O–H groups in total. The maximum Gasteiger partial charge on any atom is 0.339 e. The number of carbonyl (C=O) groups is 2. The molecule has 1 saturated heterocycles. The number of esters is 2. The zero-order valence-corrected chi connectivity index (χ0v) is 24.3. The number of aliphatic hydroxyl groups excluding tert-OH is 2. The molecule has 0 amide bonds. The van der Waals surface area contributed by atoms with Gasteiger partial charge in [0.1, 0.15) is 30.7 Å². The lowest BCUT2D eigenvalue weighted by Crippen LogP contribution is -2.61. The van der Waals surface area contributed by atoms with Crippen LogP contribution in [0.25, 0.3) is 0 Å². The fourth-order valence-electron chi connectivity index (χ4n) is 4.40. The molecule has 17 nitrogen and oxygen atoms in total. The highest BCUT2D eigenvalue weighted by Gasteiger charge is 2.49. The van der Waals surface area contributed by atoms with Crippen molar-refractivity contribution in [1.29, 1.82) is 0 Å². The molecule has 46 heavy (non-hydrogen) atoms. The van der Waals surface area contributed by atoms with Gasteiger partial charge >= 0.3 is 11.9 Å². The number of methoxy groups -OCH3 is 3. The molecule has 0 aliphatic carbocycles. The fourth-order valence-corrected chi connectivity index (χ4v) is 4.40. The zero-order valence-electron chi connectivity index (χ0n) is 24.3. The minimum Gasteiger partial charge on any atom is -0.504 e. The van der Waals surface area contributed by atoms with Crippen molar-refractivity contribution in [2.45, 2.75) is 30.7 Å². The Kier molecular flexibility index (Phi) is 9.89. The first-order valence-corrected chi connectivity index (χ1v) is 13.2. The van der Waals surface area contributed by atoms with Crippen molar-refractivity contribution < 1.29 is 83.6 Å². The maximum absolute atomic E-state index is 13.0. The molecule has 1 fully saturated rings. The summed E-state index contributed by atoms with van der Waals surface area (Å²) in [5.41, 5.74) is -0.839. The predicted octanol–water partition coefficient (Wildman–Crippen LogP) is 0.854. The van der Waals surface area contributed by atoms with E-state index in [4.69, 9.17) is 33.2 Å². The van der Waals surface area contributed by atoms with Gasteiger partial charge in [-0.2, -0.15) is 0 Å². The van der Waals surface area contributed by atoms with Crippen LogP contribution in [0.15, 0.2) is 36.4 Å². The molecule has 0 aromatic heterocycles. The van der Waals surface area contributed by atoms with Crippen molar-refractivity contribution in [2.24, 2.45) is 0 Å². The Morgan fingerprint density at radius 1 is 0.696 bits per heavy atom. The van der Waals surface area contributed by atoms with Crippen molar-refractivity contribution in [3.8, 4) is 57.5 Å². The smallest absolute Gasteiger partial charge is 0.339 e. The first-order chi connectivity index (χ1) is 21.8. The molecule has 0 spiro atoms. The average molecular weight is 651 g/mol. The molecule has 248 valence electrons. The van der Waals surface area contributed by atoms with Crippen LogP contribution >= 0.6 is 0 Å². The quantitative estimate of drug-likeness (QED) is 0.112. The molecule has 4 rings (SSSR count). The third-order valence-corrected chi connectivity index (χ3v) is 6.77. The molecule has 17 heteroatoms. The van der Waals surface area contributed by atoms with Crippen LogP contribution in [-0.4, -0.2) is 111 Å². The first kappa shape index (κ1) is 33.4. The van der Waals surface area contributed by atoms with Gasteiger partial charge in [0, 0.05) is 12.1 Å². The average Bonchev–Trinajstić information content (AvgIpc) is 3.03. The van der Waals surface area contributed by atoms with Crippen LogP contribution in [0.1, 0.15) is 20.7 Å². The number of carbonyl (C=O) groups excluding carboxylic acids is 2. The van der Waals surface area contributed by atoms with E-state index in [0.29, 0.717) is 0 Å². The van der Waals surface area contributed by atoms with E-state index in [1.165, 1.54) is 33.5 Å². The summed E-state index contributed by atoms with van der Waals surface area (Å²) in [5, 5.41) is 80.0. The summed E-state index contributed by atoms with van der Waals surface area (Å²) in [4.78, 5) is 25.6. The summed E-state index contributed by atoms with van der Waals surface area (Å²) in [7, 11) is 4.04. The van der Waals surface area contributed by atoms with Gasteiger partial charge in [-0.25, -0.2) is 9.59 Å². The summed E-state index contributed by atoms with van der Waals surface area (Å²) in [6, 6.07) is 5.87. The standard InChI is InChI=1S/C29H30O17/c1-40-18-8-13(9-19(41-2)25(18)42-3)44-29-26(46-28(39)12-6-16(32)22(35)17(33)7-12)24(37)23(36)20(45-29)10-43-27(38)11-4-14(30)21(34)15(31)5-11/h4-9,20,23-24,26,29-37H,10H2,1-3H3/t20-,23-,24+,26-,29-/m1/s1. The largest absolute Gasteiger partial charge is 0.504 e. The first-order valence-electron chi connectivity index (χ1n) is 13.2. The molecule has 5 atom stereocenters. The van der Waals surface area contributed by atoms with Crippen molar-refractivity contribution >= 4 is 11.9 Å². The normalized spacial score (nSPS) is 20.8. The van der Waals surface area contributed by atoms with Gasteiger partial charge in [-0.15, -0.1) is 0 Å². The van der Waals surface area contributed by atoms with Crippen LogP contribution in [0.3, 0.4) is 0 Å². The lowest BCUT2D eigenvalue weighted by Gasteiger charge is -2.41. The van der Waals surface area contributed by atoms with E-state index < -0.39 is 89.3 Å². The highest BCUT2D eigenvalue weighted by atomic mass is 16.7. The Morgan fingerprint density at radius 2 is 1.17 bits per heavy atom. The number of benzene rings is 3. The van der Waals surface area contributed by atoms with Gasteiger partial charge < -0.3 is 74.0 Å². The highest BCUT2D eigenvalue weighted by molar-refractivity contribution is 5.91. The van der Waals surface area contributed by atoms with Gasteiger partial charge in [-0.1, -0.05) is 0 Å². The fraction of sp³-hybridized carbons (Fsp3) is 0.310. The predicted molar refractivity (Wildman–Crippen MR) is 150 cm³/mol. The monoisotopic (exact) mass is 650 g/mol. The van der Waals surface area contributed by atoms with E-state index in [2.05, 4.69) is 0 Å². The number of rotatable bonds is 10. The topological polar surface area (TPSA) is 261 Å². The molecule has 3 aromatic carbocycles. The van der Waals surface area contributed by atoms with E-state index in [1.54, 1.807) is 0 Å². The van der Waals surface area contributed by atoms with E-state index >= 15 is 0 Å². The molecule has 0 unspecified atom stereocenters. The number of phenols is 6. The Bertz CT molecular complexity index is 1530. The zero-order chi connectivity index (χ0) is 33.9. The van der Waals surface area contributed by atoms with Crippen LogP contribution < -0.4 is 18.9 Å². The second-order valence-electron chi connectivity index (χ2n) is 9.70. The number of ether oxygens (including phenoxy) is 7. The van der Waals surface area contributed by atoms with Crippen LogP contribution in [0.2, 0.25) is 0 Å². The summed E-state index contributed by atoms with van der Waals surface area (Å²) in [6.07, 6.45) is -8.92. The molecule has 0 saturated carbocycles. The minimum atomic E-state index is -1.96. The number of aliphatic hydroxyl groups is 2. The van der Waals surface area contributed by atoms with Gasteiger partial charge in [-0.05, 0) is 24.3 Å². The van der Waals surface area contributed by atoms with Crippen LogP contribution in [0.4, 0.5) is 0 Å². The number of aromatic hydroxyl groups is 6. The lowest BCUT2D eigenvalue weighted by molar-refractivity contribution is -0.276. The van der Waals surface area contributed by atoms with Crippen LogP contribution in [0, 0.1) is 0 Å². The molecular formula is C29H30O17. The number of hydrogen-bond acceptors (Lipinski definition) is 17. The van der Waals surface area contributed by atoms with Crippen molar-refractivity contribution in [2.75, 3.05) is 27.9 Å². The molecule has 1 aliphatic heterocycles. The highest BCUT2D eigenvalue weighted by Crippen LogP contribution is 2.42.